The highest BCUT2D eigenvalue weighted by atomic mass is 16.4. The molecule has 0 unspecified atom stereocenters. The summed E-state index contributed by atoms with van der Waals surface area (Å²) in [7, 11) is 0. The second kappa shape index (κ2) is 15.6. The molecule has 1 N–H and O–H groups in total. The van der Waals surface area contributed by atoms with Crippen LogP contribution in [-0.2, 0) is 4.79 Å². The minimum absolute atomic E-state index is 0.333. The number of unbranched alkanes of at least 4 members (excludes halogenated alkanes) is 9. The van der Waals surface area contributed by atoms with Crippen molar-refractivity contribution in [2.45, 2.75) is 97.3 Å². The number of aliphatic carboxylic acids is 1. The molecule has 0 saturated carbocycles. The monoisotopic (exact) mass is 296 g/mol. The number of hydrogen-bond acceptors (Lipinski definition) is 1. The van der Waals surface area contributed by atoms with Crippen molar-refractivity contribution >= 4 is 5.97 Å². The average Bonchev–Trinajstić information content (AvgIpc) is 2.42. The van der Waals surface area contributed by atoms with Gasteiger partial charge >= 0.3 is 5.97 Å². The summed E-state index contributed by atoms with van der Waals surface area (Å²) in [6.45, 7) is 4.60. The van der Waals surface area contributed by atoms with Gasteiger partial charge in [0.15, 0.2) is 0 Å². The third-order valence-corrected chi connectivity index (χ3v) is 3.83. The maximum atomic E-state index is 10.3. The van der Waals surface area contributed by atoms with Crippen molar-refractivity contribution in [3.63, 3.8) is 0 Å². The molecule has 0 radical (unpaired) electrons. The van der Waals surface area contributed by atoms with E-state index >= 15 is 0 Å². The molecule has 0 bridgehead atoms. The molecule has 0 fully saturated rings. The molecule has 0 aliphatic carbocycles. The molecule has 2 heteroatoms. The van der Waals surface area contributed by atoms with E-state index in [1.165, 1.54) is 64.2 Å². The van der Waals surface area contributed by atoms with Crippen LogP contribution in [-0.4, -0.2) is 11.1 Å². The lowest BCUT2D eigenvalue weighted by Gasteiger charge is -2.02. The topological polar surface area (TPSA) is 37.3 Å². The van der Waals surface area contributed by atoms with Gasteiger partial charge in [0.2, 0.25) is 0 Å². The van der Waals surface area contributed by atoms with Crippen LogP contribution in [0.25, 0.3) is 0 Å². The van der Waals surface area contributed by atoms with Gasteiger partial charge < -0.3 is 5.11 Å². The van der Waals surface area contributed by atoms with E-state index in [0.717, 1.165) is 18.8 Å². The number of rotatable bonds is 15. The Labute approximate surface area is 132 Å². The molecule has 21 heavy (non-hydrogen) atoms. The first-order valence-electron chi connectivity index (χ1n) is 8.99. The van der Waals surface area contributed by atoms with Gasteiger partial charge in [-0.05, 0) is 38.0 Å². The van der Waals surface area contributed by atoms with E-state index in [9.17, 15) is 4.79 Å². The molecule has 0 saturated heterocycles. The lowest BCUT2D eigenvalue weighted by molar-refractivity contribution is -0.137. The zero-order valence-corrected chi connectivity index (χ0v) is 14.3. The SMILES string of the molecule is CC(C)CCCCC/C=C/CCCCCCCCC(=O)O. The van der Waals surface area contributed by atoms with E-state index in [2.05, 4.69) is 26.0 Å². The summed E-state index contributed by atoms with van der Waals surface area (Å²) < 4.78 is 0. The zero-order chi connectivity index (χ0) is 15.8. The summed E-state index contributed by atoms with van der Waals surface area (Å²) >= 11 is 0. The van der Waals surface area contributed by atoms with E-state index in [-0.39, 0.29) is 0 Å². The van der Waals surface area contributed by atoms with Gasteiger partial charge in [-0.3, -0.25) is 4.79 Å². The zero-order valence-electron chi connectivity index (χ0n) is 14.3. The quantitative estimate of drug-likeness (QED) is 0.282. The van der Waals surface area contributed by atoms with Crippen LogP contribution < -0.4 is 0 Å². The van der Waals surface area contributed by atoms with E-state index in [1.807, 2.05) is 0 Å². The molecule has 0 rings (SSSR count). The highest BCUT2D eigenvalue weighted by Crippen LogP contribution is 2.11. The van der Waals surface area contributed by atoms with Crippen molar-refractivity contribution < 1.29 is 9.90 Å². The number of hydrogen-bond donors (Lipinski definition) is 1. The van der Waals surface area contributed by atoms with E-state index in [1.54, 1.807) is 0 Å². The number of allylic oxidation sites excluding steroid dienone is 2. The Bertz CT molecular complexity index is 256. The second-order valence-corrected chi connectivity index (χ2v) is 6.56. The summed E-state index contributed by atoms with van der Waals surface area (Å²) in [6, 6.07) is 0. The Morgan fingerprint density at radius 2 is 1.29 bits per heavy atom. The van der Waals surface area contributed by atoms with Crippen LogP contribution in [0.4, 0.5) is 0 Å². The summed E-state index contributed by atoms with van der Waals surface area (Å²) in [5.41, 5.74) is 0. The number of carboxylic acids is 1. The first-order valence-corrected chi connectivity index (χ1v) is 8.99. The van der Waals surface area contributed by atoms with Crippen molar-refractivity contribution in [3.05, 3.63) is 12.2 Å². The van der Waals surface area contributed by atoms with E-state index in [4.69, 9.17) is 5.11 Å². The van der Waals surface area contributed by atoms with Crippen LogP contribution >= 0.6 is 0 Å². The molecule has 0 aromatic carbocycles. The predicted molar refractivity (Wildman–Crippen MR) is 91.6 cm³/mol. The molecule has 0 heterocycles. The van der Waals surface area contributed by atoms with Gasteiger partial charge in [-0.25, -0.2) is 0 Å². The van der Waals surface area contributed by atoms with E-state index in [0.29, 0.717) is 6.42 Å². The second-order valence-electron chi connectivity index (χ2n) is 6.56. The standard InChI is InChI=1S/C19H36O2/c1-18(2)16-14-12-10-8-6-4-3-5-7-9-11-13-15-17-19(20)21/h4,6,18H,3,5,7-17H2,1-2H3,(H,20,21)/b6-4+. The van der Waals surface area contributed by atoms with Gasteiger partial charge in [0.25, 0.3) is 0 Å². The van der Waals surface area contributed by atoms with Crippen LogP contribution in [0, 0.1) is 5.92 Å². The molecule has 0 aromatic rings. The van der Waals surface area contributed by atoms with Crippen LogP contribution in [0.1, 0.15) is 97.3 Å². The van der Waals surface area contributed by atoms with Crippen LogP contribution in [0.15, 0.2) is 12.2 Å². The first kappa shape index (κ1) is 20.2. The summed E-state index contributed by atoms with van der Waals surface area (Å²) in [6.07, 6.45) is 19.9. The van der Waals surface area contributed by atoms with Crippen LogP contribution in [0.2, 0.25) is 0 Å². The summed E-state index contributed by atoms with van der Waals surface area (Å²) in [4.78, 5) is 10.3. The predicted octanol–water partition coefficient (Wildman–Crippen LogP) is 6.35. The fraction of sp³-hybridized carbons (Fsp3) is 0.842. The Morgan fingerprint density at radius 3 is 1.81 bits per heavy atom. The lowest BCUT2D eigenvalue weighted by atomic mass is 10.0. The van der Waals surface area contributed by atoms with Crippen molar-refractivity contribution in [2.24, 2.45) is 5.92 Å². The minimum atomic E-state index is -0.663. The van der Waals surface area contributed by atoms with Crippen molar-refractivity contribution in [1.82, 2.24) is 0 Å². The van der Waals surface area contributed by atoms with Gasteiger partial charge in [-0.1, -0.05) is 70.9 Å². The molecule has 124 valence electrons. The van der Waals surface area contributed by atoms with Crippen LogP contribution in [0.5, 0.6) is 0 Å². The van der Waals surface area contributed by atoms with Gasteiger partial charge in [-0.2, -0.15) is 0 Å². The Kier molecular flexibility index (Phi) is 15.0. The summed E-state index contributed by atoms with van der Waals surface area (Å²) in [5.74, 6) is 0.189. The molecule has 0 aliphatic heterocycles. The van der Waals surface area contributed by atoms with E-state index < -0.39 is 5.97 Å². The molecular weight excluding hydrogens is 260 g/mol. The molecule has 0 spiro atoms. The number of carbonyl (C=O) groups is 1. The number of carboxylic acid groups (broad SMARTS) is 1. The molecule has 0 aliphatic rings. The highest BCUT2D eigenvalue weighted by Gasteiger charge is 1.96. The fourth-order valence-corrected chi connectivity index (χ4v) is 2.47. The van der Waals surface area contributed by atoms with Gasteiger partial charge in [0, 0.05) is 6.42 Å². The Balaban J connectivity index is 3.10. The van der Waals surface area contributed by atoms with Gasteiger partial charge in [0.1, 0.15) is 0 Å². The lowest BCUT2D eigenvalue weighted by Crippen LogP contribution is -1.93. The average molecular weight is 296 g/mol. The maximum absolute atomic E-state index is 10.3. The van der Waals surface area contributed by atoms with Crippen molar-refractivity contribution in [1.29, 1.82) is 0 Å². The van der Waals surface area contributed by atoms with Crippen molar-refractivity contribution in [2.75, 3.05) is 0 Å². The Morgan fingerprint density at radius 1 is 0.810 bits per heavy atom. The minimum Gasteiger partial charge on any atom is -0.481 e. The largest absolute Gasteiger partial charge is 0.481 e. The third-order valence-electron chi connectivity index (χ3n) is 3.83. The normalized spacial score (nSPS) is 11.6. The molecule has 2 nitrogen and oxygen atoms in total. The molecule has 0 amide bonds. The van der Waals surface area contributed by atoms with Crippen molar-refractivity contribution in [3.8, 4) is 0 Å². The first-order chi connectivity index (χ1) is 10.1. The molecule has 0 aromatic heterocycles. The fourth-order valence-electron chi connectivity index (χ4n) is 2.47. The smallest absolute Gasteiger partial charge is 0.303 e. The molecule has 0 atom stereocenters. The summed E-state index contributed by atoms with van der Waals surface area (Å²) in [5, 5.41) is 8.52. The van der Waals surface area contributed by atoms with Gasteiger partial charge in [-0.15, -0.1) is 0 Å². The van der Waals surface area contributed by atoms with Crippen LogP contribution in [0.3, 0.4) is 0 Å². The maximum Gasteiger partial charge on any atom is 0.303 e. The molecular formula is C19H36O2. The van der Waals surface area contributed by atoms with Gasteiger partial charge in [0.05, 0.1) is 0 Å². The highest BCUT2D eigenvalue weighted by molar-refractivity contribution is 5.66. The third kappa shape index (κ3) is 19.2. The Hall–Kier alpha value is -0.790.